The SMILES string of the molecule is C[C@H](NC(=O)c1cc(C#N)cnc1NCc1ccc(-c2ccc3ccc4ncn(C)c4c3c2)s1)c1ccc(F)cc1. The third-order valence-corrected chi connectivity index (χ3v) is 8.18. The fourth-order valence-electron chi connectivity index (χ4n) is 4.87. The van der Waals surface area contributed by atoms with Crippen LogP contribution in [0.5, 0.6) is 0 Å². The van der Waals surface area contributed by atoms with Gasteiger partial charge in [-0.05, 0) is 65.9 Å². The molecule has 6 rings (SSSR count). The summed E-state index contributed by atoms with van der Waals surface area (Å²) in [5.41, 5.74) is 4.51. The number of aryl methyl sites for hydroxylation is 1. The van der Waals surface area contributed by atoms with Crippen molar-refractivity contribution < 1.29 is 9.18 Å². The van der Waals surface area contributed by atoms with E-state index < -0.39 is 0 Å². The summed E-state index contributed by atoms with van der Waals surface area (Å²) in [6, 6.07) is 23.9. The summed E-state index contributed by atoms with van der Waals surface area (Å²) in [7, 11) is 2.01. The minimum atomic E-state index is -0.376. The number of fused-ring (bicyclic) bond motifs is 3. The number of amides is 1. The number of thiophene rings is 1. The molecule has 0 fully saturated rings. The Bertz CT molecular complexity index is 1950. The number of hydrogen-bond acceptors (Lipinski definition) is 6. The maximum atomic E-state index is 13.3. The molecule has 0 spiro atoms. The Morgan fingerprint density at radius 3 is 2.68 bits per heavy atom. The van der Waals surface area contributed by atoms with E-state index in [1.54, 1.807) is 23.5 Å². The molecule has 1 amide bonds. The van der Waals surface area contributed by atoms with Crippen LogP contribution in [0.2, 0.25) is 0 Å². The number of nitrogens with one attached hydrogen (secondary N) is 2. The summed E-state index contributed by atoms with van der Waals surface area (Å²) in [6.07, 6.45) is 3.28. The van der Waals surface area contributed by atoms with Gasteiger partial charge in [-0.1, -0.05) is 30.3 Å². The van der Waals surface area contributed by atoms with Gasteiger partial charge in [0.1, 0.15) is 17.7 Å². The number of imidazole rings is 1. The Labute approximate surface area is 239 Å². The van der Waals surface area contributed by atoms with E-state index in [1.165, 1.54) is 24.4 Å². The Balaban J connectivity index is 1.21. The summed E-state index contributed by atoms with van der Waals surface area (Å²) in [6.45, 7) is 2.27. The second kappa shape index (κ2) is 10.8. The van der Waals surface area contributed by atoms with Crippen molar-refractivity contribution in [2.75, 3.05) is 5.32 Å². The molecule has 6 aromatic rings. The highest BCUT2D eigenvalue weighted by atomic mass is 32.1. The Morgan fingerprint density at radius 2 is 1.88 bits per heavy atom. The average molecular weight is 561 g/mol. The van der Waals surface area contributed by atoms with Crippen molar-refractivity contribution >= 4 is 44.9 Å². The number of benzene rings is 3. The van der Waals surface area contributed by atoms with Crippen molar-refractivity contribution in [3.8, 4) is 16.5 Å². The standard InChI is InChI=1S/C32H25FN6OS/c1-19(21-5-8-24(33)9-6-21)38-32(40)27-13-20(15-34)16-35-31(27)36-17-25-10-12-29(41-25)23-4-3-22-7-11-28-30(26(22)14-23)39(2)18-37-28/h3-14,16,18-19H,17H2,1-2H3,(H,35,36)(H,38,40)/t19-/m0/s1. The van der Waals surface area contributed by atoms with Gasteiger partial charge >= 0.3 is 0 Å². The number of carbonyl (C=O) groups is 1. The number of aromatic nitrogens is 3. The molecule has 3 heterocycles. The molecule has 3 aromatic carbocycles. The van der Waals surface area contributed by atoms with Crippen LogP contribution in [0.4, 0.5) is 10.2 Å². The molecule has 2 N–H and O–H groups in total. The lowest BCUT2D eigenvalue weighted by Gasteiger charge is -2.16. The molecule has 0 saturated carbocycles. The fraction of sp³-hybridized carbons (Fsp3) is 0.125. The Morgan fingerprint density at radius 1 is 1.07 bits per heavy atom. The second-order valence-electron chi connectivity index (χ2n) is 9.82. The topological polar surface area (TPSA) is 95.6 Å². The number of nitriles is 1. The van der Waals surface area contributed by atoms with E-state index in [0.29, 0.717) is 12.4 Å². The van der Waals surface area contributed by atoms with Gasteiger partial charge < -0.3 is 15.2 Å². The molecule has 0 aliphatic carbocycles. The monoisotopic (exact) mass is 560 g/mol. The fourth-order valence-corrected chi connectivity index (χ4v) is 5.82. The van der Waals surface area contributed by atoms with Crippen LogP contribution in [0.1, 0.15) is 39.3 Å². The highest BCUT2D eigenvalue weighted by Crippen LogP contribution is 2.33. The molecule has 202 valence electrons. The van der Waals surface area contributed by atoms with Gasteiger partial charge in [0.25, 0.3) is 5.91 Å². The van der Waals surface area contributed by atoms with Gasteiger partial charge in [0.15, 0.2) is 0 Å². The molecule has 0 aliphatic rings. The first-order valence-electron chi connectivity index (χ1n) is 13.0. The third-order valence-electron chi connectivity index (χ3n) is 7.05. The zero-order chi connectivity index (χ0) is 28.5. The number of rotatable bonds is 7. The van der Waals surface area contributed by atoms with Crippen LogP contribution < -0.4 is 10.6 Å². The van der Waals surface area contributed by atoms with E-state index in [0.717, 1.165) is 42.7 Å². The second-order valence-corrected chi connectivity index (χ2v) is 11.0. The Hall–Kier alpha value is -5.07. The lowest BCUT2D eigenvalue weighted by molar-refractivity contribution is 0.0940. The molecule has 7 nitrogen and oxygen atoms in total. The first-order valence-corrected chi connectivity index (χ1v) is 13.8. The molecule has 0 radical (unpaired) electrons. The molecule has 9 heteroatoms. The lowest BCUT2D eigenvalue weighted by Crippen LogP contribution is -2.27. The number of hydrogen-bond donors (Lipinski definition) is 2. The summed E-state index contributed by atoms with van der Waals surface area (Å²) < 4.78 is 15.4. The largest absolute Gasteiger partial charge is 0.365 e. The van der Waals surface area contributed by atoms with E-state index in [2.05, 4.69) is 57.0 Å². The van der Waals surface area contributed by atoms with Crippen LogP contribution in [0.3, 0.4) is 0 Å². The van der Waals surface area contributed by atoms with Crippen LogP contribution in [0.25, 0.3) is 32.2 Å². The molecule has 0 unspecified atom stereocenters. The molecule has 1 atom stereocenters. The first-order chi connectivity index (χ1) is 19.9. The first kappa shape index (κ1) is 26.2. The van der Waals surface area contributed by atoms with Crippen molar-refractivity contribution in [1.29, 1.82) is 5.26 Å². The summed E-state index contributed by atoms with van der Waals surface area (Å²) >= 11 is 1.66. The van der Waals surface area contributed by atoms with Gasteiger partial charge in [-0.3, -0.25) is 4.79 Å². The van der Waals surface area contributed by atoms with Gasteiger partial charge in [-0.15, -0.1) is 11.3 Å². The van der Waals surface area contributed by atoms with E-state index in [-0.39, 0.29) is 28.9 Å². The molecule has 41 heavy (non-hydrogen) atoms. The van der Waals surface area contributed by atoms with Gasteiger partial charge in [0.05, 0.1) is 41.1 Å². The van der Waals surface area contributed by atoms with Crippen molar-refractivity contribution in [2.45, 2.75) is 19.5 Å². The minimum absolute atomic E-state index is 0.268. The van der Waals surface area contributed by atoms with Crippen LogP contribution in [0.15, 0.2) is 85.3 Å². The predicted octanol–water partition coefficient (Wildman–Crippen LogP) is 6.96. The minimum Gasteiger partial charge on any atom is -0.365 e. The van der Waals surface area contributed by atoms with Gasteiger partial charge in [0.2, 0.25) is 0 Å². The maximum absolute atomic E-state index is 13.3. The normalized spacial score (nSPS) is 11.9. The summed E-state index contributed by atoms with van der Waals surface area (Å²) in [4.78, 5) is 24.2. The predicted molar refractivity (Wildman–Crippen MR) is 160 cm³/mol. The zero-order valence-electron chi connectivity index (χ0n) is 22.4. The number of pyridine rings is 1. The van der Waals surface area contributed by atoms with Gasteiger partial charge in [0, 0.05) is 28.4 Å². The Kier molecular flexibility index (Phi) is 6.91. The molecule has 0 saturated heterocycles. The highest BCUT2D eigenvalue weighted by Gasteiger charge is 2.18. The maximum Gasteiger partial charge on any atom is 0.255 e. The number of nitrogens with zero attached hydrogens (tertiary/aromatic N) is 4. The van der Waals surface area contributed by atoms with E-state index in [1.807, 2.05) is 37.0 Å². The van der Waals surface area contributed by atoms with E-state index >= 15 is 0 Å². The molecular formula is C32H25FN6OS. The quantitative estimate of drug-likeness (QED) is 0.220. The van der Waals surface area contributed by atoms with E-state index in [4.69, 9.17) is 0 Å². The average Bonchev–Trinajstić information content (AvgIpc) is 3.63. The number of anilines is 1. The highest BCUT2D eigenvalue weighted by molar-refractivity contribution is 7.15. The summed E-state index contributed by atoms with van der Waals surface area (Å²) in [5.74, 6) is -0.335. The summed E-state index contributed by atoms with van der Waals surface area (Å²) in [5, 5.41) is 17.9. The molecule has 0 bridgehead atoms. The third kappa shape index (κ3) is 5.25. The smallest absolute Gasteiger partial charge is 0.255 e. The number of halogens is 1. The molecule has 3 aromatic heterocycles. The van der Waals surface area contributed by atoms with Crippen molar-refractivity contribution in [1.82, 2.24) is 19.9 Å². The van der Waals surface area contributed by atoms with Crippen LogP contribution in [-0.2, 0) is 13.6 Å². The van der Waals surface area contributed by atoms with Crippen molar-refractivity contribution in [3.05, 3.63) is 113 Å². The molecule has 0 aliphatic heterocycles. The van der Waals surface area contributed by atoms with Crippen molar-refractivity contribution in [3.63, 3.8) is 0 Å². The van der Waals surface area contributed by atoms with Crippen molar-refractivity contribution in [2.24, 2.45) is 7.05 Å². The number of carbonyl (C=O) groups excluding carboxylic acids is 1. The van der Waals surface area contributed by atoms with Crippen LogP contribution in [0, 0.1) is 17.1 Å². The van der Waals surface area contributed by atoms with Gasteiger partial charge in [-0.2, -0.15) is 5.26 Å². The van der Waals surface area contributed by atoms with Crippen LogP contribution >= 0.6 is 11.3 Å². The van der Waals surface area contributed by atoms with E-state index in [9.17, 15) is 14.4 Å². The van der Waals surface area contributed by atoms with Gasteiger partial charge in [-0.25, -0.2) is 14.4 Å². The molecular weight excluding hydrogens is 535 g/mol. The zero-order valence-corrected chi connectivity index (χ0v) is 23.2. The van der Waals surface area contributed by atoms with Crippen LogP contribution in [-0.4, -0.2) is 20.4 Å². The lowest BCUT2D eigenvalue weighted by atomic mass is 10.0.